The summed E-state index contributed by atoms with van der Waals surface area (Å²) in [5, 5.41) is 2.93. The van der Waals surface area contributed by atoms with Crippen molar-refractivity contribution in [1.82, 2.24) is 0 Å². The minimum absolute atomic E-state index is 0.0137. The number of hydrogen-bond donors (Lipinski definition) is 1. The first-order valence-corrected chi connectivity index (χ1v) is 9.75. The van der Waals surface area contributed by atoms with Crippen LogP contribution in [0.4, 0.5) is 5.69 Å². The van der Waals surface area contributed by atoms with Gasteiger partial charge in [0.1, 0.15) is 18.1 Å². The van der Waals surface area contributed by atoms with Crippen LogP contribution in [0.15, 0.2) is 54.6 Å². The van der Waals surface area contributed by atoms with Crippen LogP contribution in [-0.4, -0.2) is 11.7 Å². The SMILES string of the molecule is CCC(=O)CCCCCCC(=O)Nc1cccc(OCc2ccccc2)c1. The smallest absolute Gasteiger partial charge is 0.224 e. The van der Waals surface area contributed by atoms with Crippen molar-refractivity contribution < 1.29 is 14.3 Å². The lowest BCUT2D eigenvalue weighted by atomic mass is 10.1. The molecule has 2 rings (SSSR count). The predicted molar refractivity (Wildman–Crippen MR) is 109 cm³/mol. The van der Waals surface area contributed by atoms with Gasteiger partial charge in [-0.2, -0.15) is 0 Å². The first kappa shape index (κ1) is 20.7. The molecule has 4 nitrogen and oxygen atoms in total. The van der Waals surface area contributed by atoms with Crippen LogP contribution in [0.25, 0.3) is 0 Å². The molecule has 0 saturated heterocycles. The number of rotatable bonds is 12. The van der Waals surface area contributed by atoms with E-state index in [1.54, 1.807) is 0 Å². The van der Waals surface area contributed by atoms with Gasteiger partial charge in [-0.3, -0.25) is 9.59 Å². The molecule has 0 fully saturated rings. The molecule has 144 valence electrons. The third kappa shape index (κ3) is 8.54. The maximum atomic E-state index is 12.1. The van der Waals surface area contributed by atoms with Crippen LogP contribution < -0.4 is 10.1 Å². The lowest BCUT2D eigenvalue weighted by Crippen LogP contribution is -2.11. The summed E-state index contributed by atoms with van der Waals surface area (Å²) in [7, 11) is 0. The zero-order chi connectivity index (χ0) is 19.3. The summed E-state index contributed by atoms with van der Waals surface area (Å²) in [6.45, 7) is 2.40. The summed E-state index contributed by atoms with van der Waals surface area (Å²) < 4.78 is 5.79. The summed E-state index contributed by atoms with van der Waals surface area (Å²) in [6.07, 6.45) is 5.53. The minimum atomic E-state index is 0.0137. The molecule has 1 N–H and O–H groups in total. The second-order valence-corrected chi connectivity index (χ2v) is 6.66. The number of hydrogen-bond acceptors (Lipinski definition) is 3. The van der Waals surface area contributed by atoms with Gasteiger partial charge in [0, 0.05) is 31.0 Å². The fraction of sp³-hybridized carbons (Fsp3) is 0.391. The van der Waals surface area contributed by atoms with E-state index in [-0.39, 0.29) is 5.91 Å². The van der Waals surface area contributed by atoms with Crippen molar-refractivity contribution in [2.24, 2.45) is 0 Å². The number of unbranched alkanes of at least 4 members (excludes halogenated alkanes) is 3. The van der Waals surface area contributed by atoms with Gasteiger partial charge in [0.05, 0.1) is 0 Å². The molecule has 1 amide bonds. The van der Waals surface area contributed by atoms with E-state index in [0.29, 0.717) is 31.7 Å². The van der Waals surface area contributed by atoms with E-state index in [9.17, 15) is 9.59 Å². The molecule has 0 aliphatic heterocycles. The topological polar surface area (TPSA) is 55.4 Å². The molecule has 2 aromatic rings. The Labute approximate surface area is 161 Å². The lowest BCUT2D eigenvalue weighted by Gasteiger charge is -2.09. The number of Topliss-reactive ketones (excluding diaryl/α,β-unsaturated/α-hetero) is 1. The van der Waals surface area contributed by atoms with Gasteiger partial charge >= 0.3 is 0 Å². The van der Waals surface area contributed by atoms with E-state index in [1.807, 2.05) is 61.5 Å². The van der Waals surface area contributed by atoms with E-state index in [1.165, 1.54) is 0 Å². The Morgan fingerprint density at radius 2 is 1.63 bits per heavy atom. The van der Waals surface area contributed by atoms with E-state index in [0.717, 1.165) is 42.7 Å². The Morgan fingerprint density at radius 3 is 2.37 bits per heavy atom. The van der Waals surface area contributed by atoms with E-state index >= 15 is 0 Å². The van der Waals surface area contributed by atoms with E-state index in [4.69, 9.17) is 4.74 Å². The summed E-state index contributed by atoms with van der Waals surface area (Å²) >= 11 is 0. The highest BCUT2D eigenvalue weighted by Gasteiger charge is 2.04. The maximum Gasteiger partial charge on any atom is 0.224 e. The molecule has 0 atom stereocenters. The van der Waals surface area contributed by atoms with Crippen molar-refractivity contribution in [3.63, 3.8) is 0 Å². The van der Waals surface area contributed by atoms with Gasteiger partial charge < -0.3 is 10.1 Å². The molecule has 0 saturated carbocycles. The highest BCUT2D eigenvalue weighted by Crippen LogP contribution is 2.19. The van der Waals surface area contributed by atoms with Gasteiger partial charge in [0.25, 0.3) is 0 Å². The fourth-order valence-corrected chi connectivity index (χ4v) is 2.77. The number of amides is 1. The van der Waals surface area contributed by atoms with Gasteiger partial charge in [-0.15, -0.1) is 0 Å². The molecule has 0 bridgehead atoms. The monoisotopic (exact) mass is 367 g/mol. The van der Waals surface area contributed by atoms with Crippen molar-refractivity contribution in [2.45, 2.75) is 58.5 Å². The number of anilines is 1. The van der Waals surface area contributed by atoms with Crippen LogP contribution in [0, 0.1) is 0 Å². The minimum Gasteiger partial charge on any atom is -0.489 e. The largest absolute Gasteiger partial charge is 0.489 e. The van der Waals surface area contributed by atoms with Gasteiger partial charge in [-0.25, -0.2) is 0 Å². The number of benzene rings is 2. The average Bonchev–Trinajstić information content (AvgIpc) is 2.70. The molecule has 0 heterocycles. The summed E-state index contributed by atoms with van der Waals surface area (Å²) in [4.78, 5) is 23.3. The predicted octanol–water partition coefficient (Wildman–Crippen LogP) is 5.52. The molecule has 4 heteroatoms. The third-order valence-electron chi connectivity index (χ3n) is 4.37. The second-order valence-electron chi connectivity index (χ2n) is 6.66. The Bertz CT molecular complexity index is 713. The normalized spacial score (nSPS) is 10.4. The molecule has 0 unspecified atom stereocenters. The van der Waals surface area contributed by atoms with Crippen LogP contribution in [0.5, 0.6) is 5.75 Å². The zero-order valence-electron chi connectivity index (χ0n) is 16.1. The first-order chi connectivity index (χ1) is 13.2. The fourth-order valence-electron chi connectivity index (χ4n) is 2.77. The van der Waals surface area contributed by atoms with Crippen molar-refractivity contribution in [2.75, 3.05) is 5.32 Å². The lowest BCUT2D eigenvalue weighted by molar-refractivity contribution is -0.119. The molecular weight excluding hydrogens is 338 g/mol. The Morgan fingerprint density at radius 1 is 0.889 bits per heavy atom. The van der Waals surface area contributed by atoms with Crippen molar-refractivity contribution in [3.8, 4) is 5.75 Å². The van der Waals surface area contributed by atoms with Gasteiger partial charge in [0.15, 0.2) is 0 Å². The number of ketones is 1. The number of ether oxygens (including phenoxy) is 1. The van der Waals surface area contributed by atoms with Crippen molar-refractivity contribution in [1.29, 1.82) is 0 Å². The molecule has 0 aliphatic rings. The molecule has 27 heavy (non-hydrogen) atoms. The average molecular weight is 367 g/mol. The highest BCUT2D eigenvalue weighted by molar-refractivity contribution is 5.90. The van der Waals surface area contributed by atoms with Crippen molar-refractivity contribution >= 4 is 17.4 Å². The van der Waals surface area contributed by atoms with Gasteiger partial charge in [-0.05, 0) is 30.5 Å². The summed E-state index contributed by atoms with van der Waals surface area (Å²) in [6, 6.07) is 17.4. The second kappa shape index (κ2) is 11.9. The molecule has 0 spiro atoms. The third-order valence-corrected chi connectivity index (χ3v) is 4.37. The van der Waals surface area contributed by atoms with E-state index < -0.39 is 0 Å². The molecule has 2 aromatic carbocycles. The Hall–Kier alpha value is -2.62. The standard InChI is InChI=1S/C23H29NO3/c1-2-21(25)14-8-3-4-9-16-23(26)24-20-13-10-15-22(17-20)27-18-19-11-6-5-7-12-19/h5-7,10-13,15,17H,2-4,8-9,14,16,18H2,1H3,(H,24,26). The molecule has 0 radical (unpaired) electrons. The van der Waals surface area contributed by atoms with Crippen molar-refractivity contribution in [3.05, 3.63) is 60.2 Å². The van der Waals surface area contributed by atoms with E-state index in [2.05, 4.69) is 5.32 Å². The first-order valence-electron chi connectivity index (χ1n) is 9.75. The maximum absolute atomic E-state index is 12.1. The molecule has 0 aromatic heterocycles. The Kier molecular flexibility index (Phi) is 9.11. The zero-order valence-corrected chi connectivity index (χ0v) is 16.1. The van der Waals surface area contributed by atoms with Crippen LogP contribution >= 0.6 is 0 Å². The van der Waals surface area contributed by atoms with Gasteiger partial charge in [0.2, 0.25) is 5.91 Å². The molecular formula is C23H29NO3. The summed E-state index contributed by atoms with van der Waals surface area (Å²) in [5.41, 5.74) is 1.85. The quantitative estimate of drug-likeness (QED) is 0.502. The van der Waals surface area contributed by atoms with Crippen LogP contribution in [0.2, 0.25) is 0 Å². The summed E-state index contributed by atoms with van der Waals surface area (Å²) in [5.74, 6) is 1.07. The van der Waals surface area contributed by atoms with Crippen LogP contribution in [0.3, 0.4) is 0 Å². The van der Waals surface area contributed by atoms with Gasteiger partial charge in [-0.1, -0.05) is 56.2 Å². The highest BCUT2D eigenvalue weighted by atomic mass is 16.5. The van der Waals surface area contributed by atoms with Crippen LogP contribution in [0.1, 0.15) is 57.4 Å². The Balaban J connectivity index is 1.67. The number of carbonyl (C=O) groups is 2. The van der Waals surface area contributed by atoms with Crippen LogP contribution in [-0.2, 0) is 16.2 Å². The molecule has 0 aliphatic carbocycles. The number of nitrogens with one attached hydrogen (secondary N) is 1. The number of carbonyl (C=O) groups excluding carboxylic acids is 2.